The minimum absolute atomic E-state index is 0.789. The molecule has 0 heterocycles. The Hall–Kier alpha value is -2.51. The summed E-state index contributed by atoms with van der Waals surface area (Å²) in [5.41, 5.74) is 2.41. The molecule has 0 N–H and O–H groups in total. The van der Waals surface area contributed by atoms with Gasteiger partial charge in [-0.15, -0.1) is 0 Å². The van der Waals surface area contributed by atoms with E-state index >= 15 is 0 Å². The molecule has 23 heavy (non-hydrogen) atoms. The molecule has 0 fully saturated rings. The highest BCUT2D eigenvalue weighted by Gasteiger charge is 2.06. The van der Waals surface area contributed by atoms with E-state index in [4.69, 9.17) is 16.3 Å². The Morgan fingerprint density at radius 1 is 0.739 bits per heavy atom. The SMILES string of the molecule is COc1ccc2c(-c3ccc4c(Cl)cccc4c3)cccc2c1. The molecule has 1 nitrogen and oxygen atoms in total. The summed E-state index contributed by atoms with van der Waals surface area (Å²) in [6.07, 6.45) is 0. The van der Waals surface area contributed by atoms with E-state index in [1.165, 1.54) is 21.9 Å². The predicted octanol–water partition coefficient (Wildman–Crippen LogP) is 6.32. The molecular formula is C21H15ClO. The van der Waals surface area contributed by atoms with E-state index in [-0.39, 0.29) is 0 Å². The van der Waals surface area contributed by atoms with Crippen LogP contribution >= 0.6 is 11.6 Å². The molecule has 2 heteroatoms. The molecule has 0 aliphatic carbocycles. The van der Waals surface area contributed by atoms with Gasteiger partial charge in [0.2, 0.25) is 0 Å². The van der Waals surface area contributed by atoms with Crippen molar-refractivity contribution in [3.05, 3.63) is 77.8 Å². The largest absolute Gasteiger partial charge is 0.497 e. The van der Waals surface area contributed by atoms with Crippen molar-refractivity contribution in [3.8, 4) is 16.9 Å². The van der Waals surface area contributed by atoms with Crippen molar-refractivity contribution in [2.24, 2.45) is 0 Å². The standard InChI is InChI=1S/C21H15ClO/c1-23-17-9-11-19-15(13-17)4-2-6-18(19)16-8-10-20-14(12-16)5-3-7-21(20)22/h2-13H,1H3. The molecule has 4 aromatic rings. The molecule has 0 saturated carbocycles. The number of ether oxygens (including phenoxy) is 1. The maximum absolute atomic E-state index is 6.27. The molecule has 0 aliphatic heterocycles. The van der Waals surface area contributed by atoms with E-state index in [1.807, 2.05) is 18.2 Å². The molecule has 0 unspecified atom stereocenters. The Morgan fingerprint density at radius 3 is 2.30 bits per heavy atom. The summed E-state index contributed by atoms with van der Waals surface area (Å²) >= 11 is 6.27. The van der Waals surface area contributed by atoms with Gasteiger partial charge in [-0.1, -0.05) is 60.1 Å². The molecule has 0 amide bonds. The zero-order valence-electron chi connectivity index (χ0n) is 12.7. The van der Waals surface area contributed by atoms with Crippen LogP contribution in [0.3, 0.4) is 0 Å². The average Bonchev–Trinajstić information content (AvgIpc) is 2.60. The van der Waals surface area contributed by atoms with Crippen molar-refractivity contribution in [3.63, 3.8) is 0 Å². The van der Waals surface area contributed by atoms with Gasteiger partial charge >= 0.3 is 0 Å². The first-order chi connectivity index (χ1) is 11.3. The van der Waals surface area contributed by atoms with Crippen LogP contribution in [0, 0.1) is 0 Å². The second-order valence-corrected chi connectivity index (χ2v) is 5.98. The first kappa shape index (κ1) is 14.1. The van der Waals surface area contributed by atoms with Gasteiger partial charge < -0.3 is 4.74 Å². The van der Waals surface area contributed by atoms with E-state index in [9.17, 15) is 0 Å². The highest BCUT2D eigenvalue weighted by molar-refractivity contribution is 6.35. The fraction of sp³-hybridized carbons (Fsp3) is 0.0476. The Bertz CT molecular complexity index is 1020. The van der Waals surface area contributed by atoms with Crippen LogP contribution in [-0.4, -0.2) is 7.11 Å². The third-order valence-electron chi connectivity index (χ3n) is 4.23. The Labute approximate surface area is 140 Å². The van der Waals surface area contributed by atoms with Gasteiger partial charge in [-0.25, -0.2) is 0 Å². The molecular weight excluding hydrogens is 304 g/mol. The summed E-state index contributed by atoms with van der Waals surface area (Å²) in [5, 5.41) is 5.42. The maximum atomic E-state index is 6.27. The fourth-order valence-corrected chi connectivity index (χ4v) is 3.30. The number of benzene rings is 4. The second kappa shape index (κ2) is 5.60. The van der Waals surface area contributed by atoms with Crippen LogP contribution in [-0.2, 0) is 0 Å². The highest BCUT2D eigenvalue weighted by Crippen LogP contribution is 2.33. The van der Waals surface area contributed by atoms with Crippen molar-refractivity contribution >= 4 is 33.1 Å². The molecule has 112 valence electrons. The summed E-state index contributed by atoms with van der Waals surface area (Å²) in [6, 6.07) is 25.0. The molecule has 4 aromatic carbocycles. The lowest BCUT2D eigenvalue weighted by Gasteiger charge is -2.10. The molecule has 0 bridgehead atoms. The van der Waals surface area contributed by atoms with Gasteiger partial charge in [-0.05, 0) is 51.6 Å². The maximum Gasteiger partial charge on any atom is 0.119 e. The zero-order valence-corrected chi connectivity index (χ0v) is 13.5. The summed E-state index contributed by atoms with van der Waals surface area (Å²) in [7, 11) is 1.69. The number of rotatable bonds is 2. The minimum Gasteiger partial charge on any atom is -0.497 e. The van der Waals surface area contributed by atoms with Gasteiger partial charge in [0.05, 0.1) is 7.11 Å². The first-order valence-electron chi connectivity index (χ1n) is 7.52. The van der Waals surface area contributed by atoms with E-state index in [0.29, 0.717) is 0 Å². The van der Waals surface area contributed by atoms with E-state index in [0.717, 1.165) is 21.5 Å². The number of methoxy groups -OCH3 is 1. The van der Waals surface area contributed by atoms with Crippen molar-refractivity contribution in [2.45, 2.75) is 0 Å². The topological polar surface area (TPSA) is 9.23 Å². The quantitative estimate of drug-likeness (QED) is 0.420. The van der Waals surface area contributed by atoms with Crippen LogP contribution in [0.15, 0.2) is 72.8 Å². The van der Waals surface area contributed by atoms with Gasteiger partial charge in [0.15, 0.2) is 0 Å². The van der Waals surface area contributed by atoms with Crippen LogP contribution in [0.4, 0.5) is 0 Å². The van der Waals surface area contributed by atoms with Gasteiger partial charge in [0.1, 0.15) is 5.75 Å². The van der Waals surface area contributed by atoms with Gasteiger partial charge in [-0.2, -0.15) is 0 Å². The van der Waals surface area contributed by atoms with Crippen LogP contribution in [0.2, 0.25) is 5.02 Å². The highest BCUT2D eigenvalue weighted by atomic mass is 35.5. The monoisotopic (exact) mass is 318 g/mol. The van der Waals surface area contributed by atoms with Crippen molar-refractivity contribution in [1.82, 2.24) is 0 Å². The van der Waals surface area contributed by atoms with Gasteiger partial charge in [-0.3, -0.25) is 0 Å². The smallest absolute Gasteiger partial charge is 0.119 e. The Morgan fingerprint density at radius 2 is 1.48 bits per heavy atom. The number of fused-ring (bicyclic) bond motifs is 2. The molecule has 0 radical (unpaired) electrons. The van der Waals surface area contributed by atoms with Gasteiger partial charge in [0.25, 0.3) is 0 Å². The summed E-state index contributed by atoms with van der Waals surface area (Å²) in [6.45, 7) is 0. The first-order valence-corrected chi connectivity index (χ1v) is 7.89. The number of hydrogen-bond acceptors (Lipinski definition) is 1. The molecule has 0 aromatic heterocycles. The summed E-state index contributed by atoms with van der Waals surface area (Å²) in [4.78, 5) is 0. The van der Waals surface area contributed by atoms with Crippen LogP contribution in [0.5, 0.6) is 5.75 Å². The van der Waals surface area contributed by atoms with Gasteiger partial charge in [0, 0.05) is 10.4 Å². The number of halogens is 1. The summed E-state index contributed by atoms with van der Waals surface area (Å²) < 4.78 is 5.32. The normalized spacial score (nSPS) is 11.0. The molecule has 0 atom stereocenters. The Balaban J connectivity index is 1.95. The van der Waals surface area contributed by atoms with E-state index in [1.54, 1.807) is 7.11 Å². The van der Waals surface area contributed by atoms with Crippen LogP contribution in [0.1, 0.15) is 0 Å². The van der Waals surface area contributed by atoms with E-state index < -0.39 is 0 Å². The average molecular weight is 319 g/mol. The van der Waals surface area contributed by atoms with Crippen LogP contribution < -0.4 is 4.74 Å². The minimum atomic E-state index is 0.789. The zero-order chi connectivity index (χ0) is 15.8. The van der Waals surface area contributed by atoms with E-state index in [2.05, 4.69) is 54.6 Å². The Kier molecular flexibility index (Phi) is 3.44. The lowest BCUT2D eigenvalue weighted by atomic mass is 9.96. The third kappa shape index (κ3) is 2.43. The molecule has 4 rings (SSSR count). The second-order valence-electron chi connectivity index (χ2n) is 5.57. The van der Waals surface area contributed by atoms with Crippen molar-refractivity contribution in [2.75, 3.05) is 7.11 Å². The lowest BCUT2D eigenvalue weighted by Crippen LogP contribution is -1.85. The fourth-order valence-electron chi connectivity index (χ4n) is 3.05. The number of hydrogen-bond donors (Lipinski definition) is 0. The third-order valence-corrected chi connectivity index (χ3v) is 4.56. The van der Waals surface area contributed by atoms with Crippen LogP contribution in [0.25, 0.3) is 32.7 Å². The lowest BCUT2D eigenvalue weighted by molar-refractivity contribution is 0.415. The van der Waals surface area contributed by atoms with Crippen molar-refractivity contribution in [1.29, 1.82) is 0 Å². The molecule has 0 spiro atoms. The molecule has 0 aliphatic rings. The van der Waals surface area contributed by atoms with Crippen molar-refractivity contribution < 1.29 is 4.74 Å². The molecule has 0 saturated heterocycles. The predicted molar refractivity (Wildman–Crippen MR) is 98.5 cm³/mol. The summed E-state index contributed by atoms with van der Waals surface area (Å²) in [5.74, 6) is 0.875.